The Balaban J connectivity index is 3.25. The van der Waals surface area contributed by atoms with Crippen LogP contribution in [-0.2, 0) is 14.4 Å². The molecule has 0 unspecified atom stereocenters. The lowest BCUT2D eigenvalue weighted by atomic mass is 9.84. The summed E-state index contributed by atoms with van der Waals surface area (Å²) in [5.41, 5.74) is 1.24. The third-order valence-corrected chi connectivity index (χ3v) is 4.84. The second kappa shape index (κ2) is 11.5. The highest BCUT2D eigenvalue weighted by atomic mass is 16.5. The molecule has 0 aromatic heterocycles. The normalized spacial score (nSPS) is 14.2. The molecule has 5 N–H and O–H groups in total. The molecule has 3 atom stereocenters. The maximum atomic E-state index is 13.2. The summed E-state index contributed by atoms with van der Waals surface area (Å²) in [5.74, 6) is -3.45. The van der Waals surface area contributed by atoms with Crippen molar-refractivity contribution >= 4 is 23.6 Å². The van der Waals surface area contributed by atoms with E-state index in [2.05, 4.69) is 16.0 Å². The topological polar surface area (TPSA) is 137 Å². The summed E-state index contributed by atoms with van der Waals surface area (Å²) in [5, 5.41) is 17.0. The second-order valence-electron chi connectivity index (χ2n) is 8.95. The van der Waals surface area contributed by atoms with Gasteiger partial charge in [0.1, 0.15) is 12.1 Å². The third-order valence-electron chi connectivity index (χ3n) is 4.84. The minimum Gasteiger partial charge on any atom is -0.357 e. The van der Waals surface area contributed by atoms with Crippen LogP contribution in [0.25, 0.3) is 0 Å². The highest BCUT2D eigenvalue weighted by Crippen LogP contribution is 2.22. The molecule has 0 spiro atoms. The van der Waals surface area contributed by atoms with Gasteiger partial charge in [0.25, 0.3) is 11.8 Å². The Morgan fingerprint density at radius 3 is 1.97 bits per heavy atom. The molecule has 0 radical (unpaired) electrons. The third kappa shape index (κ3) is 7.67. The van der Waals surface area contributed by atoms with Crippen molar-refractivity contribution in [2.45, 2.75) is 53.1 Å². The highest BCUT2D eigenvalue weighted by molar-refractivity contribution is 5.99. The number of nitrogens with one attached hydrogen (secondary N) is 4. The van der Waals surface area contributed by atoms with E-state index in [1.165, 1.54) is 12.5 Å². The summed E-state index contributed by atoms with van der Waals surface area (Å²) in [7, 11) is 1.47. The molecule has 0 heterocycles. The van der Waals surface area contributed by atoms with Crippen molar-refractivity contribution in [1.29, 1.82) is 0 Å². The second-order valence-corrected chi connectivity index (χ2v) is 8.95. The van der Waals surface area contributed by atoms with Crippen LogP contribution >= 0.6 is 0 Å². The standard InChI is InChI=1S/C22H34N4O5/c1-13(2)12-15(19(28)25-17(21(30)23-6)22(3,4)5)16(20(29)26-31)24-18(27)14-10-8-7-9-11-14/h7-11,13,15-17,31H,12H2,1-6H3,(H,23,30)(H,24,27)(H,25,28)(H,26,29)/t15-,16-,17+/m0/s1. The number of carbonyl (C=O) groups excluding carboxylic acids is 4. The first-order valence-corrected chi connectivity index (χ1v) is 10.2. The lowest BCUT2D eigenvalue weighted by Gasteiger charge is -2.33. The van der Waals surface area contributed by atoms with Crippen LogP contribution in [-0.4, -0.2) is 48.0 Å². The molecule has 1 aromatic rings. The monoisotopic (exact) mass is 434 g/mol. The quantitative estimate of drug-likeness (QED) is 0.294. The number of likely N-dealkylation sites (N-methyl/N-ethyl adjacent to an activating group) is 1. The average molecular weight is 435 g/mol. The highest BCUT2D eigenvalue weighted by Gasteiger charge is 2.39. The Labute approximate surface area is 183 Å². The van der Waals surface area contributed by atoms with Crippen molar-refractivity contribution in [3.63, 3.8) is 0 Å². The van der Waals surface area contributed by atoms with Gasteiger partial charge in [-0.25, -0.2) is 5.48 Å². The fourth-order valence-electron chi connectivity index (χ4n) is 3.20. The van der Waals surface area contributed by atoms with E-state index in [1.54, 1.807) is 51.1 Å². The van der Waals surface area contributed by atoms with E-state index in [1.807, 2.05) is 13.8 Å². The van der Waals surface area contributed by atoms with Crippen molar-refractivity contribution in [3.8, 4) is 0 Å². The molecular weight excluding hydrogens is 400 g/mol. The van der Waals surface area contributed by atoms with E-state index in [9.17, 15) is 24.4 Å². The Morgan fingerprint density at radius 1 is 0.935 bits per heavy atom. The van der Waals surface area contributed by atoms with Crippen molar-refractivity contribution < 1.29 is 24.4 Å². The Hall–Kier alpha value is -2.94. The summed E-state index contributed by atoms with van der Waals surface area (Å²) in [4.78, 5) is 50.7. The van der Waals surface area contributed by atoms with Crippen LogP contribution < -0.4 is 21.4 Å². The molecule has 0 saturated heterocycles. The molecule has 31 heavy (non-hydrogen) atoms. The maximum Gasteiger partial charge on any atom is 0.266 e. The molecule has 4 amide bonds. The van der Waals surface area contributed by atoms with Crippen LogP contribution in [0.15, 0.2) is 30.3 Å². The van der Waals surface area contributed by atoms with Gasteiger partial charge in [0.15, 0.2) is 0 Å². The largest absolute Gasteiger partial charge is 0.357 e. The molecular formula is C22H34N4O5. The van der Waals surface area contributed by atoms with Crippen LogP contribution in [0.3, 0.4) is 0 Å². The lowest BCUT2D eigenvalue weighted by molar-refractivity contribution is -0.139. The molecule has 9 nitrogen and oxygen atoms in total. The van der Waals surface area contributed by atoms with Crippen LogP contribution in [0.5, 0.6) is 0 Å². The first-order chi connectivity index (χ1) is 14.4. The number of hydrogen-bond acceptors (Lipinski definition) is 5. The van der Waals surface area contributed by atoms with Gasteiger partial charge < -0.3 is 16.0 Å². The molecule has 1 rings (SSSR count). The van der Waals surface area contributed by atoms with E-state index in [-0.39, 0.29) is 18.2 Å². The minimum atomic E-state index is -1.34. The minimum absolute atomic E-state index is 0.00791. The average Bonchev–Trinajstić information content (AvgIpc) is 2.72. The predicted octanol–water partition coefficient (Wildman–Crippen LogP) is 1.23. The molecule has 0 fully saturated rings. The smallest absolute Gasteiger partial charge is 0.266 e. The van der Waals surface area contributed by atoms with Gasteiger partial charge in [-0.15, -0.1) is 0 Å². The van der Waals surface area contributed by atoms with E-state index in [4.69, 9.17) is 0 Å². The summed E-state index contributed by atoms with van der Waals surface area (Å²) in [6.45, 7) is 9.15. The first kappa shape index (κ1) is 26.1. The van der Waals surface area contributed by atoms with E-state index >= 15 is 0 Å². The van der Waals surface area contributed by atoms with Gasteiger partial charge in [0.05, 0.1) is 5.92 Å². The summed E-state index contributed by atoms with van der Waals surface area (Å²) in [6, 6.07) is 6.03. The Morgan fingerprint density at radius 2 is 1.52 bits per heavy atom. The molecule has 0 aliphatic heterocycles. The first-order valence-electron chi connectivity index (χ1n) is 10.2. The number of hydroxylamine groups is 1. The molecule has 0 saturated carbocycles. The van der Waals surface area contributed by atoms with Gasteiger partial charge in [-0.1, -0.05) is 52.8 Å². The van der Waals surface area contributed by atoms with Gasteiger partial charge in [-0.2, -0.15) is 0 Å². The van der Waals surface area contributed by atoms with Crippen LogP contribution in [0, 0.1) is 17.3 Å². The molecule has 0 aliphatic rings. The Bertz CT molecular complexity index is 774. The zero-order valence-corrected chi connectivity index (χ0v) is 19.0. The molecule has 172 valence electrons. The zero-order chi connectivity index (χ0) is 23.8. The lowest BCUT2D eigenvalue weighted by Crippen LogP contribution is -2.59. The number of rotatable bonds is 9. The summed E-state index contributed by atoms with van der Waals surface area (Å²) < 4.78 is 0. The van der Waals surface area contributed by atoms with Gasteiger partial charge in [0, 0.05) is 12.6 Å². The number of carbonyl (C=O) groups is 4. The molecule has 9 heteroatoms. The Kier molecular flexibility index (Phi) is 9.64. The van der Waals surface area contributed by atoms with Crippen molar-refractivity contribution in [2.24, 2.45) is 17.3 Å². The molecule has 0 aliphatic carbocycles. The van der Waals surface area contributed by atoms with Crippen molar-refractivity contribution in [2.75, 3.05) is 7.05 Å². The molecule has 1 aromatic carbocycles. The summed E-state index contributed by atoms with van der Waals surface area (Å²) >= 11 is 0. The van der Waals surface area contributed by atoms with Crippen LogP contribution in [0.4, 0.5) is 0 Å². The van der Waals surface area contributed by atoms with E-state index in [0.29, 0.717) is 5.56 Å². The fraction of sp³-hybridized carbons (Fsp3) is 0.545. The van der Waals surface area contributed by atoms with E-state index in [0.717, 1.165) is 0 Å². The number of benzene rings is 1. The van der Waals surface area contributed by atoms with Gasteiger partial charge >= 0.3 is 0 Å². The van der Waals surface area contributed by atoms with Gasteiger partial charge in [-0.05, 0) is 29.9 Å². The SMILES string of the molecule is CNC(=O)[C@@H](NC(=O)[C@@H](CC(C)C)[C@H](NC(=O)c1ccccc1)C(=O)NO)C(C)(C)C. The molecule has 0 bridgehead atoms. The maximum absolute atomic E-state index is 13.2. The zero-order valence-electron chi connectivity index (χ0n) is 19.0. The number of hydrogen-bond donors (Lipinski definition) is 5. The van der Waals surface area contributed by atoms with Crippen LogP contribution in [0.2, 0.25) is 0 Å². The fourth-order valence-corrected chi connectivity index (χ4v) is 3.20. The van der Waals surface area contributed by atoms with E-state index < -0.39 is 41.1 Å². The van der Waals surface area contributed by atoms with Gasteiger partial charge in [0.2, 0.25) is 11.8 Å². The van der Waals surface area contributed by atoms with Gasteiger partial charge in [-0.3, -0.25) is 24.4 Å². The van der Waals surface area contributed by atoms with Crippen molar-refractivity contribution in [1.82, 2.24) is 21.4 Å². The van der Waals surface area contributed by atoms with Crippen LogP contribution in [0.1, 0.15) is 51.4 Å². The summed E-state index contributed by atoms with van der Waals surface area (Å²) in [6.07, 6.45) is 0.240. The predicted molar refractivity (Wildman–Crippen MR) is 116 cm³/mol. The van der Waals surface area contributed by atoms with Crippen molar-refractivity contribution in [3.05, 3.63) is 35.9 Å². The number of amides is 4.